The molecule has 21 heavy (non-hydrogen) atoms. The molecule has 0 aliphatic rings. The van der Waals surface area contributed by atoms with Gasteiger partial charge in [-0.2, -0.15) is 0 Å². The molecule has 2 aromatic heterocycles. The molecular weight excluding hydrogens is 308 g/mol. The smallest absolute Gasteiger partial charge is 0.242 e. The summed E-state index contributed by atoms with van der Waals surface area (Å²) in [6, 6.07) is 1.66. The second kappa shape index (κ2) is 7.17. The molecule has 0 saturated carbocycles. The van der Waals surface area contributed by atoms with Crippen LogP contribution < -0.4 is 10.0 Å². The zero-order valence-corrected chi connectivity index (χ0v) is 13.8. The summed E-state index contributed by atoms with van der Waals surface area (Å²) < 4.78 is 27.0. The van der Waals surface area contributed by atoms with E-state index in [0.717, 1.165) is 28.5 Å². The largest absolute Gasteiger partial charge is 0.363 e. The Balaban J connectivity index is 1.95. The molecule has 0 fully saturated rings. The van der Waals surface area contributed by atoms with Gasteiger partial charge < -0.3 is 10.3 Å². The molecule has 0 radical (unpaired) electrons. The van der Waals surface area contributed by atoms with Crippen LogP contribution in [0.4, 0.5) is 0 Å². The van der Waals surface area contributed by atoms with Crippen molar-refractivity contribution in [1.82, 2.24) is 20.0 Å². The number of nitrogens with one attached hydrogen (secondary N) is 3. The first-order chi connectivity index (χ1) is 10.0. The standard InChI is InChI=1S/C13H20N4O2S2/c1-3-4-14-6-11-5-13(9-16-11)21(18,19)17-8-12-7-15-10(2)20-12/h5,7,9,14,16-17H,3-4,6,8H2,1-2H3. The first kappa shape index (κ1) is 16.2. The fourth-order valence-corrected chi connectivity index (χ4v) is 3.66. The first-order valence-electron chi connectivity index (χ1n) is 6.80. The Morgan fingerprint density at radius 2 is 2.19 bits per heavy atom. The van der Waals surface area contributed by atoms with Crippen molar-refractivity contribution in [2.75, 3.05) is 6.54 Å². The third-order valence-corrected chi connectivity index (χ3v) is 5.17. The van der Waals surface area contributed by atoms with Crippen LogP contribution in [0.3, 0.4) is 0 Å². The van der Waals surface area contributed by atoms with Crippen LogP contribution in [0.2, 0.25) is 0 Å². The second-order valence-electron chi connectivity index (χ2n) is 4.71. The number of rotatable bonds is 8. The molecule has 0 spiro atoms. The van der Waals surface area contributed by atoms with Crippen LogP contribution in [0.25, 0.3) is 0 Å². The summed E-state index contributed by atoms with van der Waals surface area (Å²) >= 11 is 1.49. The van der Waals surface area contributed by atoms with E-state index in [1.54, 1.807) is 12.3 Å². The van der Waals surface area contributed by atoms with E-state index in [2.05, 4.69) is 26.9 Å². The maximum Gasteiger partial charge on any atom is 0.242 e. The molecule has 0 atom stereocenters. The van der Waals surface area contributed by atoms with Gasteiger partial charge in [0.25, 0.3) is 0 Å². The number of aromatic amines is 1. The normalized spacial score (nSPS) is 11.9. The van der Waals surface area contributed by atoms with Crippen molar-refractivity contribution in [3.8, 4) is 0 Å². The van der Waals surface area contributed by atoms with E-state index in [1.165, 1.54) is 17.5 Å². The molecule has 8 heteroatoms. The van der Waals surface area contributed by atoms with Crippen LogP contribution >= 0.6 is 11.3 Å². The van der Waals surface area contributed by atoms with Crippen LogP contribution in [0, 0.1) is 6.92 Å². The van der Waals surface area contributed by atoms with Crippen LogP contribution in [0.15, 0.2) is 23.4 Å². The number of hydrogen-bond acceptors (Lipinski definition) is 5. The van der Waals surface area contributed by atoms with E-state index >= 15 is 0 Å². The molecule has 116 valence electrons. The number of nitrogens with zero attached hydrogens (tertiary/aromatic N) is 1. The number of sulfonamides is 1. The predicted octanol–water partition coefficient (Wildman–Crippen LogP) is 1.76. The molecule has 0 saturated heterocycles. The zero-order chi connectivity index (χ0) is 15.3. The zero-order valence-electron chi connectivity index (χ0n) is 12.1. The van der Waals surface area contributed by atoms with Crippen LogP contribution in [-0.2, 0) is 23.1 Å². The van der Waals surface area contributed by atoms with Crippen LogP contribution in [0.1, 0.15) is 28.9 Å². The fraction of sp³-hybridized carbons (Fsp3) is 0.462. The molecule has 0 amide bonds. The fourth-order valence-electron chi connectivity index (χ4n) is 1.81. The first-order valence-corrected chi connectivity index (χ1v) is 9.10. The van der Waals surface area contributed by atoms with Crippen molar-refractivity contribution in [2.45, 2.75) is 38.3 Å². The number of H-pyrrole nitrogens is 1. The van der Waals surface area contributed by atoms with Gasteiger partial charge in [-0.25, -0.2) is 18.1 Å². The molecule has 0 aliphatic heterocycles. The van der Waals surface area contributed by atoms with Crippen LogP contribution in [-0.4, -0.2) is 24.9 Å². The van der Waals surface area contributed by atoms with Crippen molar-refractivity contribution in [2.24, 2.45) is 0 Å². The summed E-state index contributed by atoms with van der Waals surface area (Å²) in [6.45, 7) is 5.79. The van der Waals surface area contributed by atoms with Gasteiger partial charge >= 0.3 is 0 Å². The molecule has 0 aliphatic carbocycles. The highest BCUT2D eigenvalue weighted by atomic mass is 32.2. The molecule has 0 unspecified atom stereocenters. The minimum absolute atomic E-state index is 0.261. The molecule has 0 aromatic carbocycles. The highest BCUT2D eigenvalue weighted by Gasteiger charge is 2.16. The average Bonchev–Trinajstić information content (AvgIpc) is 3.06. The van der Waals surface area contributed by atoms with E-state index in [-0.39, 0.29) is 11.4 Å². The maximum absolute atomic E-state index is 12.2. The monoisotopic (exact) mass is 328 g/mol. The summed E-state index contributed by atoms with van der Waals surface area (Å²) in [4.78, 5) is 8.25. The van der Waals surface area contributed by atoms with Gasteiger partial charge in [-0.3, -0.25) is 0 Å². The molecule has 3 N–H and O–H groups in total. The third-order valence-electron chi connectivity index (χ3n) is 2.87. The number of thiazole rings is 1. The minimum Gasteiger partial charge on any atom is -0.363 e. The van der Waals surface area contributed by atoms with Crippen LogP contribution in [0.5, 0.6) is 0 Å². The lowest BCUT2D eigenvalue weighted by Gasteiger charge is -2.02. The molecule has 2 rings (SSSR count). The summed E-state index contributed by atoms with van der Waals surface area (Å²) in [5.74, 6) is 0. The number of hydrogen-bond donors (Lipinski definition) is 3. The number of aromatic nitrogens is 2. The minimum atomic E-state index is -3.49. The highest BCUT2D eigenvalue weighted by molar-refractivity contribution is 7.89. The molecule has 2 aromatic rings. The van der Waals surface area contributed by atoms with Crippen molar-refractivity contribution in [1.29, 1.82) is 0 Å². The van der Waals surface area contributed by atoms with E-state index in [0.29, 0.717) is 6.54 Å². The van der Waals surface area contributed by atoms with Crippen molar-refractivity contribution >= 4 is 21.4 Å². The number of aryl methyl sites for hydroxylation is 1. The van der Waals surface area contributed by atoms with Crippen molar-refractivity contribution in [3.63, 3.8) is 0 Å². The van der Waals surface area contributed by atoms with Crippen molar-refractivity contribution < 1.29 is 8.42 Å². The van der Waals surface area contributed by atoms with E-state index in [4.69, 9.17) is 0 Å². The van der Waals surface area contributed by atoms with Crippen molar-refractivity contribution in [3.05, 3.63) is 34.0 Å². The third kappa shape index (κ3) is 4.63. The van der Waals surface area contributed by atoms with Gasteiger partial charge in [-0.05, 0) is 26.0 Å². The Morgan fingerprint density at radius 1 is 1.38 bits per heavy atom. The Labute approximate surface area is 129 Å². The Morgan fingerprint density at radius 3 is 2.86 bits per heavy atom. The lowest BCUT2D eigenvalue weighted by Crippen LogP contribution is -2.22. The predicted molar refractivity (Wildman–Crippen MR) is 83.7 cm³/mol. The van der Waals surface area contributed by atoms with Gasteiger partial charge in [0.15, 0.2) is 0 Å². The van der Waals surface area contributed by atoms with Gasteiger partial charge in [-0.1, -0.05) is 6.92 Å². The van der Waals surface area contributed by atoms with Gasteiger partial charge in [-0.15, -0.1) is 11.3 Å². The van der Waals surface area contributed by atoms with Gasteiger partial charge in [0.1, 0.15) is 0 Å². The lowest BCUT2D eigenvalue weighted by atomic mass is 10.4. The molecular formula is C13H20N4O2S2. The Bertz CT molecular complexity index is 676. The summed E-state index contributed by atoms with van der Waals surface area (Å²) in [7, 11) is -3.49. The average molecular weight is 328 g/mol. The molecule has 0 bridgehead atoms. The second-order valence-corrected chi connectivity index (χ2v) is 7.79. The van der Waals surface area contributed by atoms with Gasteiger partial charge in [0.05, 0.1) is 9.90 Å². The summed E-state index contributed by atoms with van der Waals surface area (Å²) in [5, 5.41) is 4.15. The van der Waals surface area contributed by atoms with E-state index < -0.39 is 10.0 Å². The van der Waals surface area contributed by atoms with E-state index in [9.17, 15) is 8.42 Å². The van der Waals surface area contributed by atoms with E-state index in [1.807, 2.05) is 6.92 Å². The quantitative estimate of drug-likeness (QED) is 0.644. The van der Waals surface area contributed by atoms with Gasteiger partial charge in [0.2, 0.25) is 10.0 Å². The molecule has 2 heterocycles. The summed E-state index contributed by atoms with van der Waals surface area (Å²) in [6.07, 6.45) is 4.25. The summed E-state index contributed by atoms with van der Waals surface area (Å²) in [5.41, 5.74) is 0.859. The Kier molecular flexibility index (Phi) is 5.51. The SMILES string of the molecule is CCCNCc1cc(S(=O)(=O)NCc2cnc(C)s2)c[nH]1. The lowest BCUT2D eigenvalue weighted by molar-refractivity contribution is 0.582. The topological polar surface area (TPSA) is 86.9 Å². The Hall–Kier alpha value is -1.22. The maximum atomic E-state index is 12.2. The highest BCUT2D eigenvalue weighted by Crippen LogP contribution is 2.14. The molecule has 6 nitrogen and oxygen atoms in total. The van der Waals surface area contributed by atoms with Gasteiger partial charge in [0, 0.05) is 36.1 Å².